The fourth-order valence-corrected chi connectivity index (χ4v) is 2.11. The summed E-state index contributed by atoms with van der Waals surface area (Å²) in [5.41, 5.74) is 2.94. The van der Waals surface area contributed by atoms with E-state index in [1.807, 2.05) is 18.0 Å². The van der Waals surface area contributed by atoms with Gasteiger partial charge < -0.3 is 4.90 Å². The molecule has 0 saturated carbocycles. The van der Waals surface area contributed by atoms with E-state index in [1.165, 1.54) is 11.1 Å². The maximum absolute atomic E-state index is 8.94. The van der Waals surface area contributed by atoms with Gasteiger partial charge in [-0.1, -0.05) is 41.4 Å². The van der Waals surface area contributed by atoms with Crippen molar-refractivity contribution in [1.82, 2.24) is 4.98 Å². The molecule has 0 fully saturated rings. The van der Waals surface area contributed by atoms with Gasteiger partial charge in [-0.15, -0.1) is 0 Å². The van der Waals surface area contributed by atoms with Gasteiger partial charge in [0.2, 0.25) is 0 Å². The Bertz CT molecular complexity index is 632. The van der Waals surface area contributed by atoms with Crippen molar-refractivity contribution in [2.75, 3.05) is 11.9 Å². The first-order valence-electron chi connectivity index (χ1n) is 5.93. The summed E-state index contributed by atoms with van der Waals surface area (Å²) in [4.78, 5) is 6.21. The summed E-state index contributed by atoms with van der Waals surface area (Å²) in [6.45, 7) is 2.79. The zero-order valence-electron chi connectivity index (χ0n) is 10.9. The predicted molar refractivity (Wildman–Crippen MR) is 77.2 cm³/mol. The molecule has 0 atom stereocenters. The van der Waals surface area contributed by atoms with Crippen molar-refractivity contribution in [3.05, 3.63) is 58.2 Å². The van der Waals surface area contributed by atoms with Gasteiger partial charge in [-0.05, 0) is 24.6 Å². The van der Waals surface area contributed by atoms with Gasteiger partial charge in [-0.25, -0.2) is 4.98 Å². The van der Waals surface area contributed by atoms with Crippen molar-refractivity contribution in [3.63, 3.8) is 0 Å². The molecule has 0 spiro atoms. The Hall–Kier alpha value is -2.05. The fraction of sp³-hybridized carbons (Fsp3) is 0.200. The van der Waals surface area contributed by atoms with Crippen LogP contribution in [0, 0.1) is 18.3 Å². The summed E-state index contributed by atoms with van der Waals surface area (Å²) in [6, 6.07) is 13.7. The topological polar surface area (TPSA) is 39.9 Å². The molecule has 1 heterocycles. The number of hydrogen-bond donors (Lipinski definition) is 0. The van der Waals surface area contributed by atoms with Gasteiger partial charge in [0.15, 0.2) is 0 Å². The highest BCUT2D eigenvalue weighted by atomic mass is 35.5. The summed E-state index contributed by atoms with van der Waals surface area (Å²) in [6.07, 6.45) is 0. The van der Waals surface area contributed by atoms with Crippen molar-refractivity contribution in [3.8, 4) is 6.07 Å². The third-order valence-electron chi connectivity index (χ3n) is 2.80. The number of aromatic nitrogens is 1. The van der Waals surface area contributed by atoms with Crippen molar-refractivity contribution < 1.29 is 0 Å². The van der Waals surface area contributed by atoms with Crippen LogP contribution in [0.3, 0.4) is 0 Å². The molecule has 0 aliphatic heterocycles. The van der Waals surface area contributed by atoms with E-state index in [-0.39, 0.29) is 0 Å². The maximum atomic E-state index is 8.94. The molecular formula is C15H14ClN3. The summed E-state index contributed by atoms with van der Waals surface area (Å²) in [5.74, 6) is 0.700. The van der Waals surface area contributed by atoms with Gasteiger partial charge >= 0.3 is 0 Å². The second-order valence-corrected chi connectivity index (χ2v) is 4.88. The Kier molecular flexibility index (Phi) is 4.03. The van der Waals surface area contributed by atoms with Crippen molar-refractivity contribution in [2.45, 2.75) is 13.5 Å². The number of halogens is 1. The average Bonchev–Trinajstić information content (AvgIpc) is 2.38. The number of rotatable bonds is 3. The number of nitriles is 1. The first-order chi connectivity index (χ1) is 9.08. The van der Waals surface area contributed by atoms with E-state index in [4.69, 9.17) is 16.9 Å². The lowest BCUT2D eigenvalue weighted by atomic mass is 10.1. The number of nitrogens with zero attached hydrogens (tertiary/aromatic N) is 3. The Balaban J connectivity index is 2.23. The summed E-state index contributed by atoms with van der Waals surface area (Å²) in [7, 11) is 1.93. The van der Waals surface area contributed by atoms with Crippen LogP contribution in [-0.2, 0) is 6.54 Å². The van der Waals surface area contributed by atoms with E-state index < -0.39 is 0 Å². The maximum Gasteiger partial charge on any atom is 0.132 e. The van der Waals surface area contributed by atoms with E-state index >= 15 is 0 Å². The molecule has 1 aromatic carbocycles. The molecule has 0 radical (unpaired) electrons. The van der Waals surface area contributed by atoms with Crippen LogP contribution in [0.2, 0.25) is 5.15 Å². The lowest BCUT2D eigenvalue weighted by molar-refractivity contribution is 0.896. The Morgan fingerprint density at radius 1 is 1.32 bits per heavy atom. The van der Waals surface area contributed by atoms with Crippen molar-refractivity contribution >= 4 is 17.4 Å². The van der Waals surface area contributed by atoms with Crippen LogP contribution in [0.15, 0.2) is 36.4 Å². The van der Waals surface area contributed by atoms with Gasteiger partial charge in [0.25, 0.3) is 0 Å². The Morgan fingerprint density at radius 3 is 2.79 bits per heavy atom. The molecule has 3 nitrogen and oxygen atoms in total. The number of hydrogen-bond acceptors (Lipinski definition) is 3. The van der Waals surface area contributed by atoms with Crippen LogP contribution in [0.4, 0.5) is 5.82 Å². The molecule has 1 aromatic heterocycles. The van der Waals surface area contributed by atoms with Gasteiger partial charge in [0.05, 0.1) is 11.6 Å². The minimum absolute atomic E-state index is 0.338. The standard InChI is InChI=1S/C15H14ClN3/c1-11-4-3-5-12(6-11)10-19(2)15-8-13(9-17)7-14(16)18-15/h3-8H,10H2,1-2H3. The van der Waals surface area contributed by atoms with Gasteiger partial charge in [0, 0.05) is 13.6 Å². The quantitative estimate of drug-likeness (QED) is 0.802. The molecule has 2 rings (SSSR count). The van der Waals surface area contributed by atoms with E-state index in [9.17, 15) is 0 Å². The number of aryl methyl sites for hydroxylation is 1. The summed E-state index contributed by atoms with van der Waals surface area (Å²) >= 11 is 5.91. The van der Waals surface area contributed by atoms with Crippen LogP contribution < -0.4 is 4.90 Å². The Labute approximate surface area is 118 Å². The molecule has 0 aliphatic carbocycles. The van der Waals surface area contributed by atoms with Crippen LogP contribution in [0.5, 0.6) is 0 Å². The highest BCUT2D eigenvalue weighted by Crippen LogP contribution is 2.18. The summed E-state index contributed by atoms with van der Waals surface area (Å²) < 4.78 is 0. The van der Waals surface area contributed by atoms with Crippen molar-refractivity contribution in [2.24, 2.45) is 0 Å². The molecular weight excluding hydrogens is 258 g/mol. The second kappa shape index (κ2) is 5.73. The fourth-order valence-electron chi connectivity index (χ4n) is 1.91. The third-order valence-corrected chi connectivity index (χ3v) is 3.00. The first-order valence-corrected chi connectivity index (χ1v) is 6.30. The van der Waals surface area contributed by atoms with Crippen LogP contribution >= 0.6 is 11.6 Å². The zero-order valence-corrected chi connectivity index (χ0v) is 11.6. The molecule has 2 aromatic rings. The molecule has 0 unspecified atom stereocenters. The molecule has 0 bridgehead atoms. The molecule has 96 valence electrons. The van der Waals surface area contributed by atoms with E-state index in [0.29, 0.717) is 16.5 Å². The van der Waals surface area contributed by atoms with E-state index in [2.05, 4.69) is 36.2 Å². The normalized spacial score (nSPS) is 10.0. The first kappa shape index (κ1) is 13.4. The van der Waals surface area contributed by atoms with Crippen LogP contribution in [0.1, 0.15) is 16.7 Å². The van der Waals surface area contributed by atoms with Gasteiger partial charge in [0.1, 0.15) is 11.0 Å². The minimum atomic E-state index is 0.338. The predicted octanol–water partition coefficient (Wildman–Crippen LogP) is 3.55. The average molecular weight is 272 g/mol. The molecule has 4 heteroatoms. The Morgan fingerprint density at radius 2 is 2.11 bits per heavy atom. The highest BCUT2D eigenvalue weighted by Gasteiger charge is 2.07. The lowest BCUT2D eigenvalue weighted by Crippen LogP contribution is -2.17. The molecule has 0 aliphatic rings. The summed E-state index contributed by atoms with van der Waals surface area (Å²) in [5, 5.41) is 9.28. The zero-order chi connectivity index (χ0) is 13.8. The third kappa shape index (κ3) is 3.46. The second-order valence-electron chi connectivity index (χ2n) is 4.49. The van der Waals surface area contributed by atoms with Crippen LogP contribution in [0.25, 0.3) is 0 Å². The van der Waals surface area contributed by atoms with E-state index in [1.54, 1.807) is 12.1 Å². The number of pyridine rings is 1. The number of benzene rings is 1. The highest BCUT2D eigenvalue weighted by molar-refractivity contribution is 6.29. The van der Waals surface area contributed by atoms with Crippen LogP contribution in [-0.4, -0.2) is 12.0 Å². The van der Waals surface area contributed by atoms with E-state index in [0.717, 1.165) is 6.54 Å². The monoisotopic (exact) mass is 271 g/mol. The smallest absolute Gasteiger partial charge is 0.132 e. The van der Waals surface area contributed by atoms with Gasteiger partial charge in [-0.2, -0.15) is 5.26 Å². The van der Waals surface area contributed by atoms with Crippen molar-refractivity contribution in [1.29, 1.82) is 5.26 Å². The molecule has 19 heavy (non-hydrogen) atoms. The van der Waals surface area contributed by atoms with Gasteiger partial charge in [-0.3, -0.25) is 0 Å². The SMILES string of the molecule is Cc1cccc(CN(C)c2cc(C#N)cc(Cl)n2)c1. The molecule has 0 N–H and O–H groups in total. The minimum Gasteiger partial charge on any atom is -0.355 e. The lowest BCUT2D eigenvalue weighted by Gasteiger charge is -2.18. The number of anilines is 1. The molecule has 0 amide bonds. The molecule has 0 saturated heterocycles. The largest absolute Gasteiger partial charge is 0.355 e.